The maximum absolute atomic E-state index is 9.85. The Morgan fingerprint density at radius 2 is 2.12 bits per heavy atom. The summed E-state index contributed by atoms with van der Waals surface area (Å²) < 4.78 is 4.22. The molecule has 0 spiro atoms. The van der Waals surface area contributed by atoms with E-state index in [0.717, 1.165) is 10.9 Å². The van der Waals surface area contributed by atoms with Crippen LogP contribution in [0.25, 0.3) is 10.9 Å². The van der Waals surface area contributed by atoms with Gasteiger partial charge in [0, 0.05) is 17.8 Å². The second kappa shape index (κ2) is 4.88. The molecule has 2 aromatic heterocycles. The van der Waals surface area contributed by atoms with E-state index in [1.54, 1.807) is 6.33 Å². The normalized spacial score (nSPS) is 9.50. The van der Waals surface area contributed by atoms with Crippen molar-refractivity contribution in [2.24, 2.45) is 0 Å². The molecule has 0 radical (unpaired) electrons. The molecule has 0 amide bonds. The zero-order valence-corrected chi connectivity index (χ0v) is 8.33. The SMILES string of the molecule is O=c1[nH]cco1.c1ccc2ncncc2c1. The highest BCUT2D eigenvalue weighted by Crippen LogP contribution is 2.06. The number of rotatable bonds is 0. The van der Waals surface area contributed by atoms with Gasteiger partial charge in [-0.25, -0.2) is 14.8 Å². The molecule has 0 aliphatic rings. The fraction of sp³-hybridized carbons (Fsp3) is 0. The number of para-hydroxylation sites is 1. The molecule has 0 aliphatic heterocycles. The maximum atomic E-state index is 9.85. The Balaban J connectivity index is 0.000000138. The first kappa shape index (κ1) is 10.1. The smallest absolute Gasteiger partial charge is 0.416 e. The Bertz CT molecular complexity index is 533. The monoisotopic (exact) mass is 215 g/mol. The molecule has 3 rings (SSSR count). The quantitative estimate of drug-likeness (QED) is 0.618. The molecule has 16 heavy (non-hydrogen) atoms. The molecule has 0 saturated heterocycles. The molecule has 80 valence electrons. The summed E-state index contributed by atoms with van der Waals surface area (Å²) in [6.07, 6.45) is 6.09. The van der Waals surface area contributed by atoms with E-state index in [2.05, 4.69) is 19.4 Å². The van der Waals surface area contributed by atoms with Gasteiger partial charge < -0.3 is 4.42 Å². The predicted molar refractivity (Wildman–Crippen MR) is 58.9 cm³/mol. The van der Waals surface area contributed by atoms with Gasteiger partial charge in [0.1, 0.15) is 12.6 Å². The van der Waals surface area contributed by atoms with Gasteiger partial charge in [-0.1, -0.05) is 18.2 Å². The van der Waals surface area contributed by atoms with Crippen LogP contribution in [0.5, 0.6) is 0 Å². The van der Waals surface area contributed by atoms with E-state index >= 15 is 0 Å². The number of fused-ring (bicyclic) bond motifs is 1. The van der Waals surface area contributed by atoms with E-state index in [1.165, 1.54) is 12.5 Å². The number of hydrogen-bond acceptors (Lipinski definition) is 4. The summed E-state index contributed by atoms with van der Waals surface area (Å²) in [6, 6.07) is 7.91. The number of nitrogens with zero attached hydrogens (tertiary/aromatic N) is 2. The summed E-state index contributed by atoms with van der Waals surface area (Å²) in [5, 5.41) is 1.09. The maximum Gasteiger partial charge on any atom is 0.416 e. The Kier molecular flexibility index (Phi) is 3.08. The molecule has 5 nitrogen and oxygen atoms in total. The van der Waals surface area contributed by atoms with Gasteiger partial charge in [-0.2, -0.15) is 0 Å². The average molecular weight is 215 g/mol. The van der Waals surface area contributed by atoms with Crippen molar-refractivity contribution in [1.29, 1.82) is 0 Å². The third kappa shape index (κ3) is 2.54. The van der Waals surface area contributed by atoms with Crippen LogP contribution in [0.15, 0.2) is 58.5 Å². The van der Waals surface area contributed by atoms with Gasteiger partial charge >= 0.3 is 5.76 Å². The third-order valence-electron chi connectivity index (χ3n) is 1.86. The number of nitrogens with one attached hydrogen (secondary N) is 1. The van der Waals surface area contributed by atoms with Gasteiger partial charge in [-0.15, -0.1) is 0 Å². The third-order valence-corrected chi connectivity index (χ3v) is 1.86. The van der Waals surface area contributed by atoms with Crippen molar-refractivity contribution in [2.75, 3.05) is 0 Å². The highest BCUT2D eigenvalue weighted by atomic mass is 16.4. The van der Waals surface area contributed by atoms with Crippen molar-refractivity contribution in [2.45, 2.75) is 0 Å². The average Bonchev–Trinajstić information content (AvgIpc) is 2.81. The van der Waals surface area contributed by atoms with E-state index in [0.29, 0.717) is 0 Å². The van der Waals surface area contributed by atoms with E-state index in [4.69, 9.17) is 0 Å². The number of aromatic nitrogens is 3. The first-order valence-corrected chi connectivity index (χ1v) is 4.63. The van der Waals surface area contributed by atoms with E-state index in [-0.39, 0.29) is 0 Å². The summed E-state index contributed by atoms with van der Waals surface area (Å²) >= 11 is 0. The predicted octanol–water partition coefficient (Wildman–Crippen LogP) is 1.60. The van der Waals surface area contributed by atoms with E-state index in [1.807, 2.05) is 30.5 Å². The highest BCUT2D eigenvalue weighted by molar-refractivity contribution is 5.76. The molecule has 0 unspecified atom stereocenters. The second-order valence-electron chi connectivity index (χ2n) is 2.93. The zero-order chi connectivity index (χ0) is 11.2. The molecular formula is C11H9N3O2. The minimum Gasteiger partial charge on any atom is -0.417 e. The van der Waals surface area contributed by atoms with E-state index in [9.17, 15) is 4.79 Å². The molecule has 0 bridgehead atoms. The molecule has 1 N–H and O–H groups in total. The highest BCUT2D eigenvalue weighted by Gasteiger charge is 1.87. The molecule has 0 fully saturated rings. The molecule has 5 heteroatoms. The van der Waals surface area contributed by atoms with Crippen molar-refractivity contribution in [3.8, 4) is 0 Å². The molecule has 0 atom stereocenters. The van der Waals surface area contributed by atoms with Gasteiger partial charge in [-0.05, 0) is 6.07 Å². The van der Waals surface area contributed by atoms with Gasteiger partial charge in [0.25, 0.3) is 0 Å². The lowest BCUT2D eigenvalue weighted by Crippen LogP contribution is -1.91. The topological polar surface area (TPSA) is 71.8 Å². The summed E-state index contributed by atoms with van der Waals surface area (Å²) in [5.74, 6) is -0.407. The first-order valence-electron chi connectivity index (χ1n) is 4.63. The van der Waals surface area contributed by atoms with Crippen LogP contribution in [0.3, 0.4) is 0 Å². The van der Waals surface area contributed by atoms with Gasteiger partial charge in [0.05, 0.1) is 5.52 Å². The van der Waals surface area contributed by atoms with Crippen LogP contribution < -0.4 is 5.76 Å². The summed E-state index contributed by atoms with van der Waals surface area (Å²) in [4.78, 5) is 20.1. The van der Waals surface area contributed by atoms with Crippen LogP contribution in [0.2, 0.25) is 0 Å². The number of aromatic amines is 1. The standard InChI is InChI=1S/C8H6N2.C3H3NO2/c1-2-4-8-7(3-1)5-9-6-10-8;5-3-4-1-2-6-3/h1-6H;1-2H,(H,4,5). The summed E-state index contributed by atoms with van der Waals surface area (Å²) in [6.45, 7) is 0. The Labute approximate surface area is 90.8 Å². The van der Waals surface area contributed by atoms with E-state index < -0.39 is 5.76 Å². The van der Waals surface area contributed by atoms with Crippen LogP contribution in [-0.4, -0.2) is 15.0 Å². The number of H-pyrrole nitrogens is 1. The van der Waals surface area contributed by atoms with Crippen molar-refractivity contribution in [3.63, 3.8) is 0 Å². The zero-order valence-electron chi connectivity index (χ0n) is 8.33. The van der Waals surface area contributed by atoms with Gasteiger partial charge in [0.2, 0.25) is 0 Å². The lowest BCUT2D eigenvalue weighted by molar-refractivity contribution is 0.515. The van der Waals surface area contributed by atoms with Crippen LogP contribution in [-0.2, 0) is 0 Å². The molecule has 0 aliphatic carbocycles. The van der Waals surface area contributed by atoms with Gasteiger partial charge in [0.15, 0.2) is 0 Å². The first-order chi connectivity index (χ1) is 7.86. The van der Waals surface area contributed by atoms with Crippen molar-refractivity contribution < 1.29 is 4.42 Å². The van der Waals surface area contributed by atoms with Crippen LogP contribution >= 0.6 is 0 Å². The molecule has 2 heterocycles. The van der Waals surface area contributed by atoms with Crippen LogP contribution in [0.1, 0.15) is 0 Å². The fourth-order valence-electron chi connectivity index (χ4n) is 1.16. The summed E-state index contributed by atoms with van der Waals surface area (Å²) in [7, 11) is 0. The largest absolute Gasteiger partial charge is 0.417 e. The minimum absolute atomic E-state index is 0.407. The number of oxazole rings is 1. The van der Waals surface area contributed by atoms with Crippen molar-refractivity contribution in [3.05, 3.63) is 59.8 Å². The van der Waals surface area contributed by atoms with Crippen LogP contribution in [0.4, 0.5) is 0 Å². The van der Waals surface area contributed by atoms with Gasteiger partial charge in [-0.3, -0.25) is 4.98 Å². The lowest BCUT2D eigenvalue weighted by Gasteiger charge is -1.90. The Morgan fingerprint density at radius 3 is 2.75 bits per heavy atom. The lowest BCUT2D eigenvalue weighted by atomic mass is 10.2. The van der Waals surface area contributed by atoms with Crippen LogP contribution in [0, 0.1) is 0 Å². The van der Waals surface area contributed by atoms with Crippen molar-refractivity contribution >= 4 is 10.9 Å². The molecule has 1 aromatic carbocycles. The second-order valence-corrected chi connectivity index (χ2v) is 2.93. The van der Waals surface area contributed by atoms with Crippen molar-refractivity contribution in [1.82, 2.24) is 15.0 Å². The minimum atomic E-state index is -0.407. The Morgan fingerprint density at radius 1 is 1.25 bits per heavy atom. The fourth-order valence-corrected chi connectivity index (χ4v) is 1.16. The number of benzene rings is 1. The molecule has 3 aromatic rings. The molecule has 0 saturated carbocycles. The summed E-state index contributed by atoms with van der Waals surface area (Å²) in [5.41, 5.74) is 0.998. The molecular weight excluding hydrogens is 206 g/mol. The Hall–Kier alpha value is -2.43. The number of hydrogen-bond donors (Lipinski definition) is 1.